The Balaban J connectivity index is 1.38. The first-order chi connectivity index (χ1) is 23.1. The molecule has 0 spiro atoms. The normalized spacial score (nSPS) is 11.2. The molecular weight excluding hydrogens is 576 g/mol. The summed E-state index contributed by atoms with van der Waals surface area (Å²) in [7, 11) is 0. The van der Waals surface area contributed by atoms with Crippen molar-refractivity contribution in [3.8, 4) is 67.5 Å². The Labute approximate surface area is 273 Å². The summed E-state index contributed by atoms with van der Waals surface area (Å²) in [6, 6.07) is 47.7. The van der Waals surface area contributed by atoms with E-state index < -0.39 is 0 Å². The monoisotopic (exact) mass is 606 g/mol. The number of hydrogen-bond donors (Lipinski definition) is 1. The van der Waals surface area contributed by atoms with Gasteiger partial charge in [-0.05, 0) is 88.8 Å². The van der Waals surface area contributed by atoms with Crippen LogP contribution in [0.25, 0.3) is 72.7 Å². The average molecular weight is 607 g/mol. The molecule has 224 valence electrons. The largest absolute Gasteiger partial charge is 0.507 e. The van der Waals surface area contributed by atoms with E-state index in [0.29, 0.717) is 11.4 Å². The summed E-state index contributed by atoms with van der Waals surface area (Å²) in [5, 5.41) is 10.9. The minimum absolute atomic E-state index is 0.127. The Kier molecular flexibility index (Phi) is 7.12. The van der Waals surface area contributed by atoms with Gasteiger partial charge in [0.2, 0.25) is 0 Å². The molecule has 3 aromatic heterocycles. The maximum atomic E-state index is 10.9. The van der Waals surface area contributed by atoms with E-state index in [4.69, 9.17) is 9.97 Å². The number of aryl methyl sites for hydroxylation is 1. The number of rotatable bonds is 6. The van der Waals surface area contributed by atoms with Crippen LogP contribution in [-0.2, 0) is 0 Å². The smallest absolute Gasteiger partial charge is 0.151 e. The fraction of sp³-hybridized carbons (Fsp3) is 0.0238. The average Bonchev–Trinajstić information content (AvgIpc) is 3.52. The molecule has 5 nitrogen and oxygen atoms in total. The van der Waals surface area contributed by atoms with Gasteiger partial charge in [0.15, 0.2) is 5.82 Å². The Hall–Kier alpha value is -6.33. The standard InChI is InChI=1S/C42H30N4O/c1-28-26-44-38(25-36(28)30-14-7-3-8-15-30)33-23-31(29-12-5-2-6-13-29)22-32(24-33)35-18-11-19-39-41(35)45-42(37-27-43-21-20-40(37)47)46(39)34-16-9-4-10-17-34/h2-27H,1H3,(H,43,47). The molecule has 0 fully saturated rings. The zero-order valence-electron chi connectivity index (χ0n) is 25.7. The van der Waals surface area contributed by atoms with E-state index in [1.54, 1.807) is 18.5 Å². The lowest BCUT2D eigenvalue weighted by atomic mass is 9.93. The zero-order chi connectivity index (χ0) is 31.7. The van der Waals surface area contributed by atoms with E-state index in [9.17, 15) is 5.11 Å². The van der Waals surface area contributed by atoms with Crippen LogP contribution in [0, 0.1) is 6.92 Å². The van der Waals surface area contributed by atoms with E-state index >= 15 is 0 Å². The molecule has 0 bridgehead atoms. The molecule has 0 saturated carbocycles. The Morgan fingerprint density at radius 2 is 1.23 bits per heavy atom. The first kappa shape index (κ1) is 28.2. The SMILES string of the molecule is Cc1cnc(-c2cc(-c3ccccc3)cc(-c3cccc4c3nc(-c3cnccc3O)n4-c3ccccc3)c2)cc1-c1ccccc1. The van der Waals surface area contributed by atoms with Crippen LogP contribution in [0.5, 0.6) is 5.75 Å². The first-order valence-corrected chi connectivity index (χ1v) is 15.6. The third kappa shape index (κ3) is 5.24. The summed E-state index contributed by atoms with van der Waals surface area (Å²) >= 11 is 0. The van der Waals surface area contributed by atoms with Gasteiger partial charge in [0, 0.05) is 35.4 Å². The van der Waals surface area contributed by atoms with Gasteiger partial charge in [-0.15, -0.1) is 0 Å². The van der Waals surface area contributed by atoms with Crippen molar-refractivity contribution in [2.45, 2.75) is 6.92 Å². The second-order valence-electron chi connectivity index (χ2n) is 11.6. The van der Waals surface area contributed by atoms with Crippen molar-refractivity contribution >= 4 is 11.0 Å². The van der Waals surface area contributed by atoms with Crippen LogP contribution in [0.15, 0.2) is 158 Å². The molecule has 0 radical (unpaired) electrons. The maximum absolute atomic E-state index is 10.9. The van der Waals surface area contributed by atoms with Crippen molar-refractivity contribution in [3.63, 3.8) is 0 Å². The number of imidazole rings is 1. The fourth-order valence-corrected chi connectivity index (χ4v) is 6.25. The lowest BCUT2D eigenvalue weighted by molar-refractivity contribution is 0.476. The summed E-state index contributed by atoms with van der Waals surface area (Å²) in [5.41, 5.74) is 12.8. The second-order valence-corrected chi connectivity index (χ2v) is 11.6. The molecule has 1 N–H and O–H groups in total. The first-order valence-electron chi connectivity index (χ1n) is 15.6. The predicted octanol–water partition coefficient (Wildman–Crippen LogP) is 10.2. The van der Waals surface area contributed by atoms with Gasteiger partial charge in [-0.3, -0.25) is 14.5 Å². The van der Waals surface area contributed by atoms with E-state index in [2.05, 4.69) is 107 Å². The highest BCUT2D eigenvalue weighted by Gasteiger charge is 2.20. The summed E-state index contributed by atoms with van der Waals surface area (Å²) in [6.45, 7) is 2.10. The van der Waals surface area contributed by atoms with E-state index in [-0.39, 0.29) is 5.75 Å². The quantitative estimate of drug-likeness (QED) is 0.205. The van der Waals surface area contributed by atoms with Gasteiger partial charge in [-0.2, -0.15) is 0 Å². The molecule has 0 atom stereocenters. The lowest BCUT2D eigenvalue weighted by Gasteiger charge is -2.13. The van der Waals surface area contributed by atoms with Gasteiger partial charge >= 0.3 is 0 Å². The summed E-state index contributed by atoms with van der Waals surface area (Å²) in [4.78, 5) is 14.4. The van der Waals surface area contributed by atoms with Crippen LogP contribution in [0.1, 0.15) is 5.56 Å². The third-order valence-corrected chi connectivity index (χ3v) is 8.57. The van der Waals surface area contributed by atoms with Gasteiger partial charge in [0.25, 0.3) is 0 Å². The van der Waals surface area contributed by atoms with Crippen molar-refractivity contribution in [3.05, 3.63) is 164 Å². The van der Waals surface area contributed by atoms with Gasteiger partial charge in [0.1, 0.15) is 5.75 Å². The van der Waals surface area contributed by atoms with Crippen molar-refractivity contribution in [2.75, 3.05) is 0 Å². The molecule has 47 heavy (non-hydrogen) atoms. The summed E-state index contributed by atoms with van der Waals surface area (Å²) < 4.78 is 2.09. The molecule has 8 rings (SSSR count). The minimum Gasteiger partial charge on any atom is -0.507 e. The number of fused-ring (bicyclic) bond motifs is 1. The number of benzene rings is 5. The molecule has 0 saturated heterocycles. The summed E-state index contributed by atoms with van der Waals surface area (Å²) in [6.07, 6.45) is 5.21. The molecule has 0 unspecified atom stereocenters. The number of pyridine rings is 2. The molecule has 0 aliphatic heterocycles. The van der Waals surface area contributed by atoms with Crippen molar-refractivity contribution in [1.82, 2.24) is 19.5 Å². The number of hydrogen-bond acceptors (Lipinski definition) is 4. The van der Waals surface area contributed by atoms with Gasteiger partial charge in [0.05, 0.1) is 22.3 Å². The molecule has 3 heterocycles. The van der Waals surface area contributed by atoms with E-state index in [1.807, 2.05) is 48.7 Å². The molecule has 0 aliphatic rings. The predicted molar refractivity (Wildman–Crippen MR) is 190 cm³/mol. The van der Waals surface area contributed by atoms with E-state index in [0.717, 1.165) is 66.9 Å². The van der Waals surface area contributed by atoms with Crippen molar-refractivity contribution in [2.24, 2.45) is 0 Å². The highest BCUT2D eigenvalue weighted by atomic mass is 16.3. The van der Waals surface area contributed by atoms with Crippen LogP contribution in [-0.4, -0.2) is 24.6 Å². The van der Waals surface area contributed by atoms with Crippen LogP contribution >= 0.6 is 0 Å². The van der Waals surface area contributed by atoms with Gasteiger partial charge in [-0.25, -0.2) is 4.98 Å². The number of aromatic hydroxyl groups is 1. The van der Waals surface area contributed by atoms with Gasteiger partial charge in [-0.1, -0.05) is 91.0 Å². The fourth-order valence-electron chi connectivity index (χ4n) is 6.25. The second kappa shape index (κ2) is 11.9. The van der Waals surface area contributed by atoms with Crippen LogP contribution in [0.4, 0.5) is 0 Å². The highest BCUT2D eigenvalue weighted by Crippen LogP contribution is 2.39. The Morgan fingerprint density at radius 3 is 1.98 bits per heavy atom. The maximum Gasteiger partial charge on any atom is 0.151 e. The highest BCUT2D eigenvalue weighted by molar-refractivity contribution is 5.97. The molecule has 0 aliphatic carbocycles. The Bertz CT molecular complexity index is 2370. The zero-order valence-corrected chi connectivity index (χ0v) is 25.7. The lowest BCUT2D eigenvalue weighted by Crippen LogP contribution is -1.97. The van der Waals surface area contributed by atoms with E-state index in [1.165, 1.54) is 0 Å². The number of para-hydroxylation sites is 2. The minimum atomic E-state index is 0.127. The molecule has 5 heteroatoms. The topological polar surface area (TPSA) is 63.8 Å². The number of nitrogens with zero attached hydrogens (tertiary/aromatic N) is 4. The van der Waals surface area contributed by atoms with Crippen LogP contribution < -0.4 is 0 Å². The van der Waals surface area contributed by atoms with Gasteiger partial charge < -0.3 is 5.11 Å². The van der Waals surface area contributed by atoms with Crippen molar-refractivity contribution in [1.29, 1.82) is 0 Å². The van der Waals surface area contributed by atoms with Crippen LogP contribution in [0.3, 0.4) is 0 Å². The summed E-state index contributed by atoms with van der Waals surface area (Å²) in [5.74, 6) is 0.749. The number of aromatic nitrogens is 4. The molecule has 0 amide bonds. The molecular formula is C42H30N4O. The van der Waals surface area contributed by atoms with Crippen molar-refractivity contribution < 1.29 is 5.11 Å². The molecule has 8 aromatic rings. The Morgan fingerprint density at radius 1 is 0.553 bits per heavy atom. The molecule has 5 aromatic carbocycles. The van der Waals surface area contributed by atoms with Crippen LogP contribution in [0.2, 0.25) is 0 Å². The third-order valence-electron chi connectivity index (χ3n) is 8.57.